The number of hydrogen-bond acceptors (Lipinski definition) is 2. The maximum absolute atomic E-state index is 6.12. The summed E-state index contributed by atoms with van der Waals surface area (Å²) in [5, 5.41) is 0. The van der Waals surface area contributed by atoms with E-state index in [1.807, 2.05) is 0 Å². The summed E-state index contributed by atoms with van der Waals surface area (Å²) in [4.78, 5) is 2.53. The molecule has 2 aromatic carbocycles. The number of piperidine rings is 1. The van der Waals surface area contributed by atoms with Crippen LogP contribution in [0.25, 0.3) is 5.57 Å². The van der Waals surface area contributed by atoms with Crippen LogP contribution in [-0.4, -0.2) is 31.1 Å². The van der Waals surface area contributed by atoms with Crippen LogP contribution < -0.4 is 4.74 Å². The monoisotopic (exact) mass is 425 g/mol. The highest BCUT2D eigenvalue weighted by Gasteiger charge is 2.20. The zero-order valence-electron chi connectivity index (χ0n) is 16.1. The zero-order chi connectivity index (χ0) is 18.6. The molecule has 0 bridgehead atoms. The minimum atomic E-state index is 0.777. The Balaban J connectivity index is 1.53. The Morgan fingerprint density at radius 2 is 1.70 bits per heavy atom. The third-order valence-corrected chi connectivity index (χ3v) is 6.16. The highest BCUT2D eigenvalue weighted by molar-refractivity contribution is 9.11. The topological polar surface area (TPSA) is 12.5 Å². The summed E-state index contributed by atoms with van der Waals surface area (Å²) in [5.74, 6) is 1.00. The Morgan fingerprint density at radius 3 is 2.52 bits per heavy atom. The minimum Gasteiger partial charge on any atom is -0.492 e. The van der Waals surface area contributed by atoms with Gasteiger partial charge in [-0.05, 0) is 85.7 Å². The van der Waals surface area contributed by atoms with E-state index in [1.54, 1.807) is 0 Å². The van der Waals surface area contributed by atoms with Gasteiger partial charge in [0.05, 0.1) is 0 Å². The molecule has 1 aliphatic heterocycles. The van der Waals surface area contributed by atoms with Gasteiger partial charge in [0, 0.05) is 11.0 Å². The van der Waals surface area contributed by atoms with Crippen LogP contribution in [0.5, 0.6) is 5.75 Å². The van der Waals surface area contributed by atoms with Crippen LogP contribution in [-0.2, 0) is 12.8 Å². The number of nitrogens with zero attached hydrogens (tertiary/aromatic N) is 1. The summed E-state index contributed by atoms with van der Waals surface area (Å²) in [6.07, 6.45) is 6.18. The smallest absolute Gasteiger partial charge is 0.119 e. The van der Waals surface area contributed by atoms with Gasteiger partial charge < -0.3 is 4.74 Å². The highest BCUT2D eigenvalue weighted by Crippen LogP contribution is 2.38. The number of aryl methyl sites for hydroxylation is 2. The Kier molecular flexibility index (Phi) is 5.99. The van der Waals surface area contributed by atoms with E-state index in [2.05, 4.69) is 70.2 Å². The molecule has 2 aliphatic rings. The first-order chi connectivity index (χ1) is 13.2. The van der Waals surface area contributed by atoms with E-state index in [0.717, 1.165) is 31.7 Å². The van der Waals surface area contributed by atoms with E-state index in [9.17, 15) is 0 Å². The van der Waals surface area contributed by atoms with Gasteiger partial charge in [-0.15, -0.1) is 0 Å². The van der Waals surface area contributed by atoms with Gasteiger partial charge in [0.25, 0.3) is 0 Å². The molecule has 0 amide bonds. The fourth-order valence-corrected chi connectivity index (χ4v) is 4.78. The summed E-state index contributed by atoms with van der Waals surface area (Å²) >= 11 is 3.76. The summed E-state index contributed by atoms with van der Waals surface area (Å²) in [6, 6.07) is 15.4. The van der Waals surface area contributed by atoms with Gasteiger partial charge >= 0.3 is 0 Å². The van der Waals surface area contributed by atoms with E-state index in [-0.39, 0.29) is 0 Å². The molecule has 2 nitrogen and oxygen atoms in total. The summed E-state index contributed by atoms with van der Waals surface area (Å²) < 4.78 is 7.31. The van der Waals surface area contributed by atoms with Crippen molar-refractivity contribution >= 4 is 21.5 Å². The minimum absolute atomic E-state index is 0.777. The molecule has 0 aromatic heterocycles. The zero-order valence-corrected chi connectivity index (χ0v) is 17.7. The van der Waals surface area contributed by atoms with Crippen molar-refractivity contribution in [3.05, 3.63) is 69.2 Å². The summed E-state index contributed by atoms with van der Waals surface area (Å²) in [7, 11) is 0. The predicted molar refractivity (Wildman–Crippen MR) is 117 cm³/mol. The molecule has 0 unspecified atom stereocenters. The van der Waals surface area contributed by atoms with Crippen LogP contribution >= 0.6 is 15.9 Å². The third-order valence-electron chi connectivity index (χ3n) is 5.77. The average molecular weight is 426 g/mol. The van der Waals surface area contributed by atoms with Crippen LogP contribution in [0.15, 0.2) is 46.9 Å². The second-order valence-corrected chi connectivity index (χ2v) is 8.82. The molecule has 2 aromatic rings. The number of benzene rings is 2. The Bertz CT molecular complexity index is 832. The van der Waals surface area contributed by atoms with Gasteiger partial charge in [0.1, 0.15) is 12.4 Å². The summed E-state index contributed by atoms with van der Waals surface area (Å²) in [5.41, 5.74) is 6.81. The van der Waals surface area contributed by atoms with Crippen LogP contribution in [0.1, 0.15) is 48.4 Å². The number of fused-ring (bicyclic) bond motifs is 2. The third kappa shape index (κ3) is 4.30. The lowest BCUT2D eigenvalue weighted by Gasteiger charge is -2.26. The number of ether oxygens (including phenoxy) is 1. The lowest BCUT2D eigenvalue weighted by molar-refractivity contribution is 0.183. The van der Waals surface area contributed by atoms with Crippen molar-refractivity contribution < 1.29 is 4.74 Å². The van der Waals surface area contributed by atoms with Crippen LogP contribution in [0, 0.1) is 0 Å². The van der Waals surface area contributed by atoms with Crippen LogP contribution in [0.4, 0.5) is 0 Å². The standard InChI is InChI=1S/C24H28BrNO/c1-18(25)24-22-8-4-3-7-19(22)9-10-20-17-21(11-12-23(20)24)27-16-15-26-13-5-2-6-14-26/h3-4,7-8,11-12,17H,2,5-6,9-10,13-16H2,1H3/b24-18+. The van der Waals surface area contributed by atoms with Crippen molar-refractivity contribution in [3.63, 3.8) is 0 Å². The molecular formula is C24H28BrNO. The lowest BCUT2D eigenvalue weighted by Crippen LogP contribution is -2.33. The van der Waals surface area contributed by atoms with Crippen molar-refractivity contribution in [2.24, 2.45) is 0 Å². The quantitative estimate of drug-likeness (QED) is 0.611. The van der Waals surface area contributed by atoms with E-state index >= 15 is 0 Å². The molecule has 1 saturated heterocycles. The van der Waals surface area contributed by atoms with Gasteiger partial charge in [-0.25, -0.2) is 0 Å². The van der Waals surface area contributed by atoms with Gasteiger partial charge in [-0.1, -0.05) is 52.7 Å². The molecule has 142 valence electrons. The Hall–Kier alpha value is -1.58. The van der Waals surface area contributed by atoms with Crippen LogP contribution in [0.3, 0.4) is 0 Å². The molecule has 1 heterocycles. The number of likely N-dealkylation sites (tertiary alicyclic amines) is 1. The first kappa shape index (κ1) is 18.8. The molecule has 1 fully saturated rings. The maximum Gasteiger partial charge on any atom is 0.119 e. The van der Waals surface area contributed by atoms with Crippen LogP contribution in [0.2, 0.25) is 0 Å². The van der Waals surface area contributed by atoms with Gasteiger partial charge in [-0.3, -0.25) is 4.90 Å². The van der Waals surface area contributed by atoms with E-state index < -0.39 is 0 Å². The fourth-order valence-electron chi connectivity index (χ4n) is 4.35. The fraction of sp³-hybridized carbons (Fsp3) is 0.417. The van der Waals surface area contributed by atoms with Crippen molar-refractivity contribution in [2.75, 3.05) is 26.2 Å². The van der Waals surface area contributed by atoms with E-state index in [1.165, 1.54) is 64.7 Å². The first-order valence-electron chi connectivity index (χ1n) is 10.2. The second-order valence-electron chi connectivity index (χ2n) is 7.64. The summed E-state index contributed by atoms with van der Waals surface area (Å²) in [6.45, 7) is 6.41. The SMILES string of the molecule is C/C(Br)=C1/c2ccccc2CCc2cc(OCCN3CCCCC3)ccc21. The van der Waals surface area contributed by atoms with Gasteiger partial charge in [0.2, 0.25) is 0 Å². The van der Waals surface area contributed by atoms with Crippen molar-refractivity contribution in [1.82, 2.24) is 4.90 Å². The number of rotatable bonds is 4. The molecule has 3 heteroatoms. The largest absolute Gasteiger partial charge is 0.492 e. The normalized spacial score (nSPS) is 19.0. The Morgan fingerprint density at radius 1 is 0.963 bits per heavy atom. The highest BCUT2D eigenvalue weighted by atomic mass is 79.9. The van der Waals surface area contributed by atoms with Gasteiger partial charge in [0.15, 0.2) is 0 Å². The van der Waals surface area contributed by atoms with Crippen molar-refractivity contribution in [3.8, 4) is 5.75 Å². The van der Waals surface area contributed by atoms with Crippen molar-refractivity contribution in [2.45, 2.75) is 39.0 Å². The molecule has 0 spiro atoms. The lowest BCUT2D eigenvalue weighted by atomic mass is 9.94. The van der Waals surface area contributed by atoms with Gasteiger partial charge in [-0.2, -0.15) is 0 Å². The van der Waals surface area contributed by atoms with E-state index in [4.69, 9.17) is 4.74 Å². The van der Waals surface area contributed by atoms with E-state index in [0.29, 0.717) is 0 Å². The molecule has 27 heavy (non-hydrogen) atoms. The van der Waals surface area contributed by atoms with Crippen molar-refractivity contribution in [1.29, 1.82) is 0 Å². The molecular weight excluding hydrogens is 398 g/mol. The number of allylic oxidation sites excluding steroid dienone is 1. The molecule has 1 aliphatic carbocycles. The Labute approximate surface area is 171 Å². The molecule has 0 atom stereocenters. The number of hydrogen-bond donors (Lipinski definition) is 0. The number of halogens is 1. The maximum atomic E-state index is 6.12. The molecule has 0 saturated carbocycles. The molecule has 0 N–H and O–H groups in total. The molecule has 4 rings (SSSR count). The molecule has 0 radical (unpaired) electrons. The average Bonchev–Trinajstić information content (AvgIpc) is 2.85. The predicted octanol–water partition coefficient (Wildman–Crippen LogP) is 5.82. The second kappa shape index (κ2) is 8.62. The first-order valence-corrected chi connectivity index (χ1v) is 10.9.